The van der Waals surface area contributed by atoms with Gasteiger partial charge in [0.2, 0.25) is 5.91 Å². The van der Waals surface area contributed by atoms with Crippen LogP contribution in [0.1, 0.15) is 19.8 Å². The molecule has 0 saturated carbocycles. The Morgan fingerprint density at radius 1 is 1.47 bits per heavy atom. The van der Waals surface area contributed by atoms with Crippen molar-refractivity contribution >= 4 is 11.9 Å². The highest BCUT2D eigenvalue weighted by Crippen LogP contribution is 2.09. The number of nitrogens with zero attached hydrogens (tertiary/aromatic N) is 1. The zero-order valence-electron chi connectivity index (χ0n) is 10.1. The number of hydrogen-bond acceptors (Lipinski definition) is 4. The van der Waals surface area contributed by atoms with Crippen LogP contribution in [-0.2, 0) is 19.1 Å². The van der Waals surface area contributed by atoms with Gasteiger partial charge in [-0.1, -0.05) is 6.92 Å². The highest BCUT2D eigenvalue weighted by Gasteiger charge is 2.32. The summed E-state index contributed by atoms with van der Waals surface area (Å²) in [6.45, 7) is 3.76. The number of carbonyl (C=O) groups excluding carboxylic acids is 1. The number of carbonyl (C=O) groups is 2. The lowest BCUT2D eigenvalue weighted by atomic mass is 10.2. The van der Waals surface area contributed by atoms with Crippen LogP contribution in [0.3, 0.4) is 0 Å². The van der Waals surface area contributed by atoms with Gasteiger partial charge in [-0.05, 0) is 6.42 Å². The van der Waals surface area contributed by atoms with E-state index in [1.165, 1.54) is 4.90 Å². The molecule has 1 fully saturated rings. The molecule has 98 valence electrons. The summed E-state index contributed by atoms with van der Waals surface area (Å²) in [6.07, 6.45) is 1.13. The first-order valence-electron chi connectivity index (χ1n) is 5.84. The van der Waals surface area contributed by atoms with Gasteiger partial charge in [-0.2, -0.15) is 0 Å². The summed E-state index contributed by atoms with van der Waals surface area (Å²) < 4.78 is 10.3. The number of aliphatic carboxylic acids is 1. The Morgan fingerprint density at radius 2 is 2.24 bits per heavy atom. The average Bonchev–Trinajstić information content (AvgIpc) is 2.34. The molecule has 0 aromatic heterocycles. The molecule has 1 saturated heterocycles. The first-order valence-corrected chi connectivity index (χ1v) is 5.84. The Bertz CT molecular complexity index is 269. The zero-order valence-corrected chi connectivity index (χ0v) is 10.1. The molecule has 1 heterocycles. The van der Waals surface area contributed by atoms with Gasteiger partial charge in [-0.3, -0.25) is 4.79 Å². The molecule has 0 spiro atoms. The molecule has 1 unspecified atom stereocenters. The summed E-state index contributed by atoms with van der Waals surface area (Å²) in [4.78, 5) is 24.1. The van der Waals surface area contributed by atoms with E-state index >= 15 is 0 Å². The van der Waals surface area contributed by atoms with E-state index in [4.69, 9.17) is 14.6 Å². The van der Waals surface area contributed by atoms with Gasteiger partial charge in [0.15, 0.2) is 6.04 Å². The maximum Gasteiger partial charge on any atom is 0.328 e. The van der Waals surface area contributed by atoms with Crippen LogP contribution in [-0.4, -0.2) is 60.9 Å². The highest BCUT2D eigenvalue weighted by molar-refractivity contribution is 5.84. The van der Waals surface area contributed by atoms with Crippen LogP contribution in [0.2, 0.25) is 0 Å². The molecule has 1 amide bonds. The predicted octanol–water partition coefficient (Wildman–Crippen LogP) is 0.115. The van der Waals surface area contributed by atoms with Gasteiger partial charge in [0.25, 0.3) is 0 Å². The minimum atomic E-state index is -1.02. The van der Waals surface area contributed by atoms with Crippen LogP contribution in [0.5, 0.6) is 0 Å². The molecule has 0 radical (unpaired) electrons. The van der Waals surface area contributed by atoms with Gasteiger partial charge in [0, 0.05) is 13.2 Å². The second-order valence-corrected chi connectivity index (χ2v) is 3.88. The molecule has 0 bridgehead atoms. The summed E-state index contributed by atoms with van der Waals surface area (Å²) in [5, 5.41) is 8.96. The Hall–Kier alpha value is -1.14. The third-order valence-electron chi connectivity index (χ3n) is 2.54. The number of hydrogen-bond donors (Lipinski definition) is 1. The van der Waals surface area contributed by atoms with E-state index in [0.29, 0.717) is 26.4 Å². The molecular weight excluding hydrogens is 226 g/mol. The minimum Gasteiger partial charge on any atom is -0.480 e. The molecule has 0 aromatic carbocycles. The second-order valence-electron chi connectivity index (χ2n) is 3.88. The third-order valence-corrected chi connectivity index (χ3v) is 2.54. The standard InChI is InChI=1S/C11H19NO5/c1-2-5-16-6-3-10(13)12-4-7-17-8-9(12)11(14)15/h9H,2-8H2,1H3,(H,14,15). The lowest BCUT2D eigenvalue weighted by Gasteiger charge is -2.32. The average molecular weight is 245 g/mol. The van der Waals surface area contributed by atoms with Gasteiger partial charge in [-0.25, -0.2) is 4.79 Å². The number of carboxylic acids is 1. The van der Waals surface area contributed by atoms with E-state index in [9.17, 15) is 9.59 Å². The Balaban J connectivity index is 2.39. The van der Waals surface area contributed by atoms with E-state index in [2.05, 4.69) is 0 Å². The van der Waals surface area contributed by atoms with Crippen LogP contribution in [0.4, 0.5) is 0 Å². The largest absolute Gasteiger partial charge is 0.480 e. The van der Waals surface area contributed by atoms with Crippen molar-refractivity contribution in [1.29, 1.82) is 0 Å². The molecule has 6 nitrogen and oxygen atoms in total. The zero-order chi connectivity index (χ0) is 12.7. The quantitative estimate of drug-likeness (QED) is 0.672. The number of rotatable bonds is 6. The lowest BCUT2D eigenvalue weighted by molar-refractivity contribution is -0.158. The second kappa shape index (κ2) is 7.24. The predicted molar refractivity (Wildman–Crippen MR) is 59.7 cm³/mol. The third kappa shape index (κ3) is 4.32. The molecule has 1 rings (SSSR count). The van der Waals surface area contributed by atoms with E-state index in [-0.39, 0.29) is 18.9 Å². The Kier molecular flexibility index (Phi) is 5.93. The fraction of sp³-hybridized carbons (Fsp3) is 0.818. The maximum atomic E-state index is 11.8. The van der Waals surface area contributed by atoms with Crippen molar-refractivity contribution in [3.8, 4) is 0 Å². The summed E-state index contributed by atoms with van der Waals surface area (Å²) in [5.41, 5.74) is 0. The summed E-state index contributed by atoms with van der Waals surface area (Å²) >= 11 is 0. The maximum absolute atomic E-state index is 11.8. The number of amides is 1. The molecule has 1 aliphatic rings. The number of ether oxygens (including phenoxy) is 2. The molecule has 1 atom stereocenters. The van der Waals surface area contributed by atoms with Gasteiger partial charge in [0.1, 0.15) is 0 Å². The molecule has 1 N–H and O–H groups in total. The smallest absolute Gasteiger partial charge is 0.328 e. The van der Waals surface area contributed by atoms with Gasteiger partial charge >= 0.3 is 5.97 Å². The normalized spacial score (nSPS) is 20.3. The van der Waals surface area contributed by atoms with Crippen LogP contribution in [0.25, 0.3) is 0 Å². The van der Waals surface area contributed by atoms with Crippen LogP contribution >= 0.6 is 0 Å². The fourth-order valence-electron chi connectivity index (χ4n) is 1.66. The SMILES string of the molecule is CCCOCCC(=O)N1CCOCC1C(=O)O. The van der Waals surface area contributed by atoms with Crippen molar-refractivity contribution in [3.63, 3.8) is 0 Å². The van der Waals surface area contributed by atoms with Crippen molar-refractivity contribution in [2.24, 2.45) is 0 Å². The highest BCUT2D eigenvalue weighted by atomic mass is 16.5. The van der Waals surface area contributed by atoms with E-state index in [1.54, 1.807) is 0 Å². The van der Waals surface area contributed by atoms with Crippen molar-refractivity contribution in [2.75, 3.05) is 33.0 Å². The van der Waals surface area contributed by atoms with Crippen molar-refractivity contribution < 1.29 is 24.2 Å². The van der Waals surface area contributed by atoms with Crippen LogP contribution in [0.15, 0.2) is 0 Å². The lowest BCUT2D eigenvalue weighted by Crippen LogP contribution is -2.52. The molecule has 6 heteroatoms. The molecule has 0 aliphatic carbocycles. The van der Waals surface area contributed by atoms with Crippen molar-refractivity contribution in [2.45, 2.75) is 25.8 Å². The van der Waals surface area contributed by atoms with Gasteiger partial charge < -0.3 is 19.5 Å². The van der Waals surface area contributed by atoms with Crippen LogP contribution < -0.4 is 0 Å². The van der Waals surface area contributed by atoms with Gasteiger partial charge in [0.05, 0.1) is 26.2 Å². The number of morpholine rings is 1. The number of carboxylic acid groups (broad SMARTS) is 1. The van der Waals surface area contributed by atoms with E-state index in [0.717, 1.165) is 6.42 Å². The molecule has 1 aliphatic heterocycles. The monoisotopic (exact) mass is 245 g/mol. The Labute approximate surface area is 100 Å². The first kappa shape index (κ1) is 13.9. The summed E-state index contributed by atoms with van der Waals surface area (Å²) in [7, 11) is 0. The summed E-state index contributed by atoms with van der Waals surface area (Å²) in [6, 6.07) is -0.859. The van der Waals surface area contributed by atoms with Crippen LogP contribution in [0, 0.1) is 0 Å². The summed E-state index contributed by atoms with van der Waals surface area (Å²) in [5.74, 6) is -1.20. The molecule has 17 heavy (non-hydrogen) atoms. The minimum absolute atomic E-state index is 0.0664. The topological polar surface area (TPSA) is 76.1 Å². The van der Waals surface area contributed by atoms with E-state index in [1.807, 2.05) is 6.92 Å². The van der Waals surface area contributed by atoms with E-state index < -0.39 is 12.0 Å². The van der Waals surface area contributed by atoms with Gasteiger partial charge in [-0.15, -0.1) is 0 Å². The molecule has 0 aromatic rings. The fourth-order valence-corrected chi connectivity index (χ4v) is 1.66. The van der Waals surface area contributed by atoms with Crippen molar-refractivity contribution in [1.82, 2.24) is 4.90 Å². The molecular formula is C11H19NO5. The first-order chi connectivity index (χ1) is 8.16. The van der Waals surface area contributed by atoms with Crippen molar-refractivity contribution in [3.05, 3.63) is 0 Å². The Morgan fingerprint density at radius 3 is 2.88 bits per heavy atom.